The molecule has 0 aromatic heterocycles. The van der Waals surface area contributed by atoms with E-state index in [1.165, 1.54) is 6.42 Å². The summed E-state index contributed by atoms with van der Waals surface area (Å²) in [6.45, 7) is 2.66. The molecule has 0 radical (unpaired) electrons. The van der Waals surface area contributed by atoms with E-state index >= 15 is 0 Å². The van der Waals surface area contributed by atoms with Gasteiger partial charge in [0, 0.05) is 32.0 Å². The van der Waals surface area contributed by atoms with Crippen molar-refractivity contribution in [3.63, 3.8) is 0 Å². The maximum absolute atomic E-state index is 11.1. The van der Waals surface area contributed by atoms with Gasteiger partial charge < -0.3 is 20.1 Å². The van der Waals surface area contributed by atoms with Crippen LogP contribution in [0.5, 0.6) is 5.75 Å². The first-order chi connectivity index (χ1) is 9.78. The van der Waals surface area contributed by atoms with E-state index in [1.807, 2.05) is 24.3 Å². The van der Waals surface area contributed by atoms with Crippen molar-refractivity contribution >= 4 is 11.6 Å². The summed E-state index contributed by atoms with van der Waals surface area (Å²) in [6, 6.07) is 7.67. The van der Waals surface area contributed by atoms with Crippen LogP contribution in [0, 0.1) is 5.92 Å². The second-order valence-electron chi connectivity index (χ2n) is 4.95. The van der Waals surface area contributed by atoms with Crippen molar-refractivity contribution in [2.75, 3.05) is 38.7 Å². The first-order valence-electron chi connectivity index (χ1n) is 7.03. The van der Waals surface area contributed by atoms with Crippen LogP contribution in [0.15, 0.2) is 24.3 Å². The predicted octanol–water partition coefficient (Wildman–Crippen LogP) is 1.65. The molecular formula is C15H22N2O3. The molecule has 1 aliphatic rings. The molecule has 0 saturated carbocycles. The quantitative estimate of drug-likeness (QED) is 0.830. The SMILES string of the molecule is CNC(=O)COc1cccc(NCC2CCCOC2)c1. The molecule has 2 rings (SSSR count). The van der Waals surface area contributed by atoms with Gasteiger partial charge in [-0.3, -0.25) is 4.79 Å². The summed E-state index contributed by atoms with van der Waals surface area (Å²) < 4.78 is 10.9. The Labute approximate surface area is 119 Å². The second-order valence-corrected chi connectivity index (χ2v) is 4.95. The lowest BCUT2D eigenvalue weighted by Crippen LogP contribution is -2.25. The Kier molecular flexibility index (Phi) is 5.68. The van der Waals surface area contributed by atoms with Crippen LogP contribution in [-0.2, 0) is 9.53 Å². The monoisotopic (exact) mass is 278 g/mol. The summed E-state index contributed by atoms with van der Waals surface area (Å²) in [5.74, 6) is 1.13. The van der Waals surface area contributed by atoms with Crippen molar-refractivity contribution in [2.24, 2.45) is 5.92 Å². The number of carbonyl (C=O) groups excluding carboxylic acids is 1. The van der Waals surface area contributed by atoms with Crippen molar-refractivity contribution in [3.05, 3.63) is 24.3 Å². The summed E-state index contributed by atoms with van der Waals surface area (Å²) in [6.07, 6.45) is 2.35. The Morgan fingerprint density at radius 3 is 3.15 bits per heavy atom. The zero-order valence-electron chi connectivity index (χ0n) is 11.9. The fourth-order valence-electron chi connectivity index (χ4n) is 2.15. The zero-order valence-corrected chi connectivity index (χ0v) is 11.9. The first kappa shape index (κ1) is 14.7. The maximum Gasteiger partial charge on any atom is 0.257 e. The highest BCUT2D eigenvalue weighted by Crippen LogP contribution is 2.19. The van der Waals surface area contributed by atoms with Gasteiger partial charge in [0.2, 0.25) is 0 Å². The molecule has 0 aliphatic carbocycles. The summed E-state index contributed by atoms with van der Waals surface area (Å²) in [5, 5.41) is 5.92. The number of rotatable bonds is 6. The highest BCUT2D eigenvalue weighted by atomic mass is 16.5. The molecule has 1 atom stereocenters. The van der Waals surface area contributed by atoms with E-state index in [9.17, 15) is 4.79 Å². The molecule has 5 heteroatoms. The number of amides is 1. The fraction of sp³-hybridized carbons (Fsp3) is 0.533. The molecule has 0 spiro atoms. The first-order valence-corrected chi connectivity index (χ1v) is 7.03. The molecule has 1 heterocycles. The number of carbonyl (C=O) groups is 1. The summed E-state index contributed by atoms with van der Waals surface area (Å²) >= 11 is 0. The maximum atomic E-state index is 11.1. The summed E-state index contributed by atoms with van der Waals surface area (Å²) in [7, 11) is 1.59. The molecule has 1 amide bonds. The Bertz CT molecular complexity index is 431. The number of benzene rings is 1. The molecule has 110 valence electrons. The van der Waals surface area contributed by atoms with Crippen LogP contribution in [0.3, 0.4) is 0 Å². The van der Waals surface area contributed by atoms with Crippen molar-refractivity contribution in [1.82, 2.24) is 5.32 Å². The number of likely N-dealkylation sites (N-methyl/N-ethyl adjacent to an activating group) is 1. The average molecular weight is 278 g/mol. The van der Waals surface area contributed by atoms with Crippen LogP contribution in [-0.4, -0.2) is 39.3 Å². The van der Waals surface area contributed by atoms with Crippen LogP contribution in [0.1, 0.15) is 12.8 Å². The normalized spacial score (nSPS) is 18.4. The van der Waals surface area contributed by atoms with E-state index in [0.29, 0.717) is 11.7 Å². The van der Waals surface area contributed by atoms with Gasteiger partial charge in [0.15, 0.2) is 6.61 Å². The lowest BCUT2D eigenvalue weighted by molar-refractivity contribution is -0.122. The smallest absolute Gasteiger partial charge is 0.257 e. The van der Waals surface area contributed by atoms with Gasteiger partial charge in [-0.25, -0.2) is 0 Å². The zero-order chi connectivity index (χ0) is 14.2. The molecule has 1 fully saturated rings. The summed E-state index contributed by atoms with van der Waals surface area (Å²) in [4.78, 5) is 11.1. The third-order valence-electron chi connectivity index (χ3n) is 3.33. The molecule has 1 aromatic rings. The molecule has 1 aromatic carbocycles. The lowest BCUT2D eigenvalue weighted by Gasteiger charge is -2.22. The fourth-order valence-corrected chi connectivity index (χ4v) is 2.15. The Morgan fingerprint density at radius 2 is 2.40 bits per heavy atom. The van der Waals surface area contributed by atoms with E-state index in [2.05, 4.69) is 10.6 Å². The third kappa shape index (κ3) is 4.74. The van der Waals surface area contributed by atoms with Crippen LogP contribution >= 0.6 is 0 Å². The molecular weight excluding hydrogens is 256 g/mol. The molecule has 1 aliphatic heterocycles. The molecule has 2 N–H and O–H groups in total. The Morgan fingerprint density at radius 1 is 1.50 bits per heavy atom. The summed E-state index contributed by atoms with van der Waals surface area (Å²) in [5.41, 5.74) is 1.00. The highest BCUT2D eigenvalue weighted by molar-refractivity contribution is 5.77. The number of nitrogens with one attached hydrogen (secondary N) is 2. The number of anilines is 1. The molecule has 1 saturated heterocycles. The van der Waals surface area contributed by atoms with Gasteiger partial charge in [-0.05, 0) is 30.9 Å². The van der Waals surface area contributed by atoms with Crippen LogP contribution < -0.4 is 15.4 Å². The Balaban J connectivity index is 1.80. The van der Waals surface area contributed by atoms with Crippen LogP contribution in [0.25, 0.3) is 0 Å². The van der Waals surface area contributed by atoms with Gasteiger partial charge >= 0.3 is 0 Å². The minimum absolute atomic E-state index is 0.0381. The third-order valence-corrected chi connectivity index (χ3v) is 3.33. The molecule has 5 nitrogen and oxygen atoms in total. The highest BCUT2D eigenvalue weighted by Gasteiger charge is 2.13. The van der Waals surface area contributed by atoms with Gasteiger partial charge in [-0.15, -0.1) is 0 Å². The van der Waals surface area contributed by atoms with E-state index in [-0.39, 0.29) is 12.5 Å². The van der Waals surface area contributed by atoms with E-state index in [4.69, 9.17) is 9.47 Å². The van der Waals surface area contributed by atoms with Crippen molar-refractivity contribution in [2.45, 2.75) is 12.8 Å². The van der Waals surface area contributed by atoms with Crippen LogP contribution in [0.2, 0.25) is 0 Å². The van der Waals surface area contributed by atoms with Gasteiger partial charge in [-0.1, -0.05) is 6.07 Å². The van der Waals surface area contributed by atoms with Crippen molar-refractivity contribution in [3.8, 4) is 5.75 Å². The average Bonchev–Trinajstić information content (AvgIpc) is 2.52. The number of hydrogen-bond acceptors (Lipinski definition) is 4. The van der Waals surface area contributed by atoms with Gasteiger partial charge in [0.1, 0.15) is 5.75 Å². The van der Waals surface area contributed by atoms with E-state index in [0.717, 1.165) is 31.9 Å². The van der Waals surface area contributed by atoms with Gasteiger partial charge in [0.05, 0.1) is 6.61 Å². The standard InChI is InChI=1S/C15H22N2O3/c1-16-15(18)11-20-14-6-2-5-13(8-14)17-9-12-4-3-7-19-10-12/h2,5-6,8,12,17H,3-4,7,9-11H2,1H3,(H,16,18). The lowest BCUT2D eigenvalue weighted by atomic mass is 10.0. The van der Waals surface area contributed by atoms with Crippen molar-refractivity contribution < 1.29 is 14.3 Å². The van der Waals surface area contributed by atoms with Crippen molar-refractivity contribution in [1.29, 1.82) is 0 Å². The molecule has 20 heavy (non-hydrogen) atoms. The second kappa shape index (κ2) is 7.75. The van der Waals surface area contributed by atoms with E-state index < -0.39 is 0 Å². The molecule has 1 unspecified atom stereocenters. The largest absolute Gasteiger partial charge is 0.484 e. The minimum Gasteiger partial charge on any atom is -0.484 e. The minimum atomic E-state index is -0.136. The molecule has 0 bridgehead atoms. The van der Waals surface area contributed by atoms with E-state index in [1.54, 1.807) is 7.05 Å². The number of ether oxygens (including phenoxy) is 2. The van der Waals surface area contributed by atoms with Gasteiger partial charge in [0.25, 0.3) is 5.91 Å². The topological polar surface area (TPSA) is 59.6 Å². The van der Waals surface area contributed by atoms with Gasteiger partial charge in [-0.2, -0.15) is 0 Å². The van der Waals surface area contributed by atoms with Crippen LogP contribution in [0.4, 0.5) is 5.69 Å². The number of hydrogen-bond donors (Lipinski definition) is 2. The Hall–Kier alpha value is -1.75. The predicted molar refractivity (Wildman–Crippen MR) is 78.0 cm³/mol.